The van der Waals surface area contributed by atoms with Crippen LogP contribution in [0.3, 0.4) is 0 Å². The smallest absolute Gasteiger partial charge is 0.262 e. The van der Waals surface area contributed by atoms with Crippen molar-refractivity contribution in [3.8, 4) is 6.07 Å². The summed E-state index contributed by atoms with van der Waals surface area (Å²) in [6.45, 7) is 0. The van der Waals surface area contributed by atoms with Crippen LogP contribution in [0, 0.1) is 11.3 Å². The molecule has 1 amide bonds. The van der Waals surface area contributed by atoms with Gasteiger partial charge in [-0.2, -0.15) is 5.26 Å². The Bertz CT molecular complexity index is 815. The molecule has 0 saturated heterocycles. The molecule has 2 aromatic rings. The largest absolute Gasteiger partial charge is 0.349 e. The molecule has 0 bridgehead atoms. The van der Waals surface area contributed by atoms with Crippen LogP contribution in [0.15, 0.2) is 51.1 Å². The maximum absolute atomic E-state index is 12.2. The predicted molar refractivity (Wildman–Crippen MR) is 104 cm³/mol. The fraction of sp³-hybridized carbons (Fsp3) is 0.263. The van der Waals surface area contributed by atoms with E-state index in [-0.39, 0.29) is 17.5 Å². The van der Waals surface area contributed by atoms with Crippen molar-refractivity contribution < 1.29 is 4.79 Å². The number of halogens is 1. The van der Waals surface area contributed by atoms with Gasteiger partial charge in [-0.15, -0.1) is 11.3 Å². The molecule has 25 heavy (non-hydrogen) atoms. The van der Waals surface area contributed by atoms with Crippen molar-refractivity contribution >= 4 is 46.7 Å². The number of nitriles is 1. The molecule has 0 radical (unpaired) electrons. The standard InChI is InChI=1S/C19H17ClN2OS2/c20-14-5-7-16(8-6-14)24-18-10-9-17(25-18)11-13(12-21)19(23)22-15-3-1-2-4-15/h5-11,15H,1-4H2,(H,22,23)/b13-11-. The zero-order valence-corrected chi connectivity index (χ0v) is 15.9. The molecule has 0 atom stereocenters. The van der Waals surface area contributed by atoms with E-state index < -0.39 is 0 Å². The van der Waals surface area contributed by atoms with Gasteiger partial charge in [0.1, 0.15) is 11.6 Å². The number of thiophene rings is 1. The van der Waals surface area contributed by atoms with E-state index in [1.165, 1.54) is 0 Å². The van der Waals surface area contributed by atoms with Crippen molar-refractivity contribution in [2.75, 3.05) is 0 Å². The molecule has 0 unspecified atom stereocenters. The fourth-order valence-corrected chi connectivity index (χ4v) is 4.90. The molecule has 1 aliphatic rings. The molecular formula is C19H17ClN2OS2. The lowest BCUT2D eigenvalue weighted by atomic mass is 10.2. The second-order valence-corrected chi connectivity index (χ2v) is 8.76. The highest BCUT2D eigenvalue weighted by Gasteiger charge is 2.19. The zero-order chi connectivity index (χ0) is 17.6. The van der Waals surface area contributed by atoms with Crippen molar-refractivity contribution in [1.29, 1.82) is 5.26 Å². The highest BCUT2D eigenvalue weighted by Crippen LogP contribution is 2.34. The molecule has 0 aliphatic heterocycles. The Morgan fingerprint density at radius 1 is 1.24 bits per heavy atom. The normalized spacial score (nSPS) is 15.1. The first kappa shape index (κ1) is 18.1. The van der Waals surface area contributed by atoms with Crippen molar-refractivity contribution in [2.24, 2.45) is 0 Å². The second kappa shape index (κ2) is 8.57. The Balaban J connectivity index is 1.67. The number of amides is 1. The highest BCUT2D eigenvalue weighted by molar-refractivity contribution is 8.01. The van der Waals surface area contributed by atoms with Gasteiger partial charge in [0.05, 0.1) is 4.21 Å². The van der Waals surface area contributed by atoms with Crippen LogP contribution in [0.1, 0.15) is 30.6 Å². The third-order valence-electron chi connectivity index (χ3n) is 3.98. The lowest BCUT2D eigenvalue weighted by Gasteiger charge is -2.10. The van der Waals surface area contributed by atoms with E-state index in [0.717, 1.165) is 39.7 Å². The minimum Gasteiger partial charge on any atom is -0.349 e. The minimum absolute atomic E-state index is 0.164. The zero-order valence-electron chi connectivity index (χ0n) is 13.5. The molecule has 1 aromatic carbocycles. The molecule has 128 valence electrons. The third-order valence-corrected chi connectivity index (χ3v) is 6.40. The Morgan fingerprint density at radius 3 is 2.64 bits per heavy atom. The van der Waals surface area contributed by atoms with Gasteiger partial charge in [0, 0.05) is 20.8 Å². The van der Waals surface area contributed by atoms with Crippen LogP contribution in [0.25, 0.3) is 6.08 Å². The Labute approximate surface area is 160 Å². The number of nitrogens with one attached hydrogen (secondary N) is 1. The highest BCUT2D eigenvalue weighted by atomic mass is 35.5. The molecule has 6 heteroatoms. The summed E-state index contributed by atoms with van der Waals surface area (Å²) < 4.78 is 1.10. The Hall–Kier alpha value is -1.74. The van der Waals surface area contributed by atoms with Gasteiger partial charge in [-0.25, -0.2) is 0 Å². The van der Waals surface area contributed by atoms with E-state index in [4.69, 9.17) is 11.6 Å². The number of rotatable bonds is 5. The summed E-state index contributed by atoms with van der Waals surface area (Å²) in [6, 6.07) is 13.8. The average molecular weight is 389 g/mol. The number of carbonyl (C=O) groups is 1. The van der Waals surface area contributed by atoms with E-state index >= 15 is 0 Å². The van der Waals surface area contributed by atoms with Crippen molar-refractivity contribution in [3.05, 3.63) is 51.9 Å². The van der Waals surface area contributed by atoms with Crippen LogP contribution >= 0.6 is 34.7 Å². The fourth-order valence-electron chi connectivity index (χ4n) is 2.71. The van der Waals surface area contributed by atoms with E-state index in [2.05, 4.69) is 5.32 Å². The molecule has 0 spiro atoms. The van der Waals surface area contributed by atoms with Gasteiger partial charge in [-0.3, -0.25) is 4.79 Å². The number of hydrogen-bond acceptors (Lipinski definition) is 4. The molecule has 1 fully saturated rings. The molecule has 3 nitrogen and oxygen atoms in total. The van der Waals surface area contributed by atoms with E-state index in [9.17, 15) is 10.1 Å². The number of carbonyl (C=O) groups excluding carboxylic acids is 1. The van der Waals surface area contributed by atoms with Crippen molar-refractivity contribution in [2.45, 2.75) is 40.8 Å². The maximum Gasteiger partial charge on any atom is 0.262 e. The first-order valence-corrected chi connectivity index (χ1v) is 10.1. The number of hydrogen-bond donors (Lipinski definition) is 1. The van der Waals surface area contributed by atoms with Gasteiger partial charge in [-0.1, -0.05) is 36.2 Å². The molecule has 3 rings (SSSR count). The topological polar surface area (TPSA) is 52.9 Å². The Kier molecular flexibility index (Phi) is 6.19. The Morgan fingerprint density at radius 2 is 1.96 bits per heavy atom. The van der Waals surface area contributed by atoms with Gasteiger partial charge in [0.2, 0.25) is 0 Å². The number of nitrogens with zero attached hydrogens (tertiary/aromatic N) is 1. The van der Waals surface area contributed by atoms with Gasteiger partial charge >= 0.3 is 0 Å². The number of benzene rings is 1. The summed E-state index contributed by atoms with van der Waals surface area (Å²) in [5.41, 5.74) is 0.164. The molecule has 1 N–H and O–H groups in total. The van der Waals surface area contributed by atoms with Crippen molar-refractivity contribution in [3.63, 3.8) is 0 Å². The lowest BCUT2D eigenvalue weighted by molar-refractivity contribution is -0.117. The third kappa shape index (κ3) is 5.12. The second-order valence-electron chi connectivity index (χ2n) is 5.84. The summed E-state index contributed by atoms with van der Waals surface area (Å²) in [6.07, 6.45) is 5.97. The van der Waals surface area contributed by atoms with Gasteiger partial charge in [-0.05, 0) is 55.3 Å². The molecular weight excluding hydrogens is 372 g/mol. The summed E-state index contributed by atoms with van der Waals surface area (Å²) >= 11 is 9.09. The predicted octanol–water partition coefficient (Wildman–Crippen LogP) is 5.52. The quantitative estimate of drug-likeness (QED) is 0.542. The van der Waals surface area contributed by atoms with Crippen LogP contribution in [0.4, 0.5) is 0 Å². The molecule has 1 aromatic heterocycles. The van der Waals surface area contributed by atoms with Crippen LogP contribution in [0.2, 0.25) is 5.02 Å². The molecule has 1 aliphatic carbocycles. The van der Waals surface area contributed by atoms with Gasteiger partial charge < -0.3 is 5.32 Å². The summed E-state index contributed by atoms with van der Waals surface area (Å²) in [4.78, 5) is 14.2. The molecule has 1 saturated carbocycles. The lowest BCUT2D eigenvalue weighted by Crippen LogP contribution is -2.33. The monoisotopic (exact) mass is 388 g/mol. The first-order chi connectivity index (χ1) is 12.1. The first-order valence-electron chi connectivity index (χ1n) is 8.10. The van der Waals surface area contributed by atoms with Crippen LogP contribution in [0.5, 0.6) is 0 Å². The van der Waals surface area contributed by atoms with Crippen LogP contribution in [-0.2, 0) is 4.79 Å². The van der Waals surface area contributed by atoms with Gasteiger partial charge in [0.25, 0.3) is 5.91 Å². The van der Waals surface area contributed by atoms with Crippen LogP contribution < -0.4 is 5.32 Å². The maximum atomic E-state index is 12.2. The molecule has 1 heterocycles. The van der Waals surface area contributed by atoms with Gasteiger partial charge in [0.15, 0.2) is 0 Å². The SMILES string of the molecule is N#C/C(=C/c1ccc(Sc2ccc(Cl)cc2)s1)C(=O)NC1CCCC1. The van der Waals surface area contributed by atoms with E-state index in [1.54, 1.807) is 29.2 Å². The summed E-state index contributed by atoms with van der Waals surface area (Å²) in [5.74, 6) is -0.269. The van der Waals surface area contributed by atoms with Crippen LogP contribution in [-0.4, -0.2) is 11.9 Å². The minimum atomic E-state index is -0.269. The van der Waals surface area contributed by atoms with Crippen molar-refractivity contribution in [1.82, 2.24) is 5.32 Å². The summed E-state index contributed by atoms with van der Waals surface area (Å²) in [5, 5.41) is 13.0. The van der Waals surface area contributed by atoms with E-state index in [0.29, 0.717) is 5.02 Å². The summed E-state index contributed by atoms with van der Waals surface area (Å²) in [7, 11) is 0. The average Bonchev–Trinajstić information content (AvgIpc) is 3.26. The van der Waals surface area contributed by atoms with E-state index in [1.807, 2.05) is 42.5 Å².